The Kier molecular flexibility index (Phi) is 5.11. The standard InChI is InChI=1S/C19H22FN3O/c1-15(19(24)21-17-7-5-6-16(20)14-17)22-10-12-23(13-11-22)18-8-3-2-4-9-18/h2-9,14-15H,10-13H2,1H3,(H,21,24). The van der Waals surface area contributed by atoms with Gasteiger partial charge in [-0.1, -0.05) is 24.3 Å². The molecule has 5 heteroatoms. The van der Waals surface area contributed by atoms with Crippen LogP contribution in [0, 0.1) is 5.82 Å². The van der Waals surface area contributed by atoms with Crippen LogP contribution in [0.5, 0.6) is 0 Å². The van der Waals surface area contributed by atoms with Gasteiger partial charge in [0.15, 0.2) is 0 Å². The molecule has 126 valence electrons. The summed E-state index contributed by atoms with van der Waals surface area (Å²) in [6.45, 7) is 5.33. The molecular weight excluding hydrogens is 305 g/mol. The quantitative estimate of drug-likeness (QED) is 0.938. The van der Waals surface area contributed by atoms with Gasteiger partial charge in [-0.25, -0.2) is 4.39 Å². The summed E-state index contributed by atoms with van der Waals surface area (Å²) in [5.41, 5.74) is 1.71. The van der Waals surface area contributed by atoms with Crippen LogP contribution in [0.15, 0.2) is 54.6 Å². The summed E-state index contributed by atoms with van der Waals surface area (Å²) in [4.78, 5) is 16.9. The molecule has 1 amide bonds. The summed E-state index contributed by atoms with van der Waals surface area (Å²) in [5, 5.41) is 2.79. The Morgan fingerprint density at radius 2 is 1.75 bits per heavy atom. The van der Waals surface area contributed by atoms with Crippen molar-refractivity contribution in [1.82, 2.24) is 4.90 Å². The summed E-state index contributed by atoms with van der Waals surface area (Å²) >= 11 is 0. The Balaban J connectivity index is 1.55. The molecule has 1 aliphatic heterocycles. The molecule has 4 nitrogen and oxygen atoms in total. The lowest BCUT2D eigenvalue weighted by molar-refractivity contribution is -0.120. The van der Waals surface area contributed by atoms with E-state index in [2.05, 4.69) is 27.2 Å². The van der Waals surface area contributed by atoms with Crippen molar-refractivity contribution in [1.29, 1.82) is 0 Å². The SMILES string of the molecule is CC(C(=O)Nc1cccc(F)c1)N1CCN(c2ccccc2)CC1. The molecule has 0 radical (unpaired) electrons. The number of benzene rings is 2. The normalized spacial score (nSPS) is 16.7. The van der Waals surface area contributed by atoms with Crippen LogP contribution in [-0.4, -0.2) is 43.0 Å². The summed E-state index contributed by atoms with van der Waals surface area (Å²) < 4.78 is 13.2. The van der Waals surface area contributed by atoms with Crippen LogP contribution in [-0.2, 0) is 4.79 Å². The molecule has 0 aliphatic carbocycles. The molecule has 1 saturated heterocycles. The second-order valence-electron chi connectivity index (χ2n) is 6.03. The summed E-state index contributed by atoms with van der Waals surface area (Å²) in [6.07, 6.45) is 0. The van der Waals surface area contributed by atoms with E-state index in [1.807, 2.05) is 25.1 Å². The fraction of sp³-hybridized carbons (Fsp3) is 0.316. The smallest absolute Gasteiger partial charge is 0.241 e. The summed E-state index contributed by atoms with van der Waals surface area (Å²) in [7, 11) is 0. The van der Waals surface area contributed by atoms with Crippen LogP contribution in [0.1, 0.15) is 6.92 Å². The van der Waals surface area contributed by atoms with Crippen LogP contribution >= 0.6 is 0 Å². The third kappa shape index (κ3) is 3.92. The van der Waals surface area contributed by atoms with E-state index in [4.69, 9.17) is 0 Å². The van der Waals surface area contributed by atoms with Crippen molar-refractivity contribution in [3.05, 3.63) is 60.4 Å². The highest BCUT2D eigenvalue weighted by Crippen LogP contribution is 2.17. The zero-order chi connectivity index (χ0) is 16.9. The maximum absolute atomic E-state index is 13.2. The Morgan fingerprint density at radius 1 is 1.04 bits per heavy atom. The fourth-order valence-electron chi connectivity index (χ4n) is 2.98. The van der Waals surface area contributed by atoms with Gasteiger partial charge in [-0.3, -0.25) is 9.69 Å². The predicted octanol–water partition coefficient (Wildman–Crippen LogP) is 2.97. The lowest BCUT2D eigenvalue weighted by Crippen LogP contribution is -2.52. The Labute approximate surface area is 141 Å². The van der Waals surface area contributed by atoms with Crippen LogP contribution < -0.4 is 10.2 Å². The first kappa shape index (κ1) is 16.5. The number of para-hydroxylation sites is 1. The van der Waals surface area contributed by atoms with Gasteiger partial charge in [-0.15, -0.1) is 0 Å². The third-order valence-corrected chi connectivity index (χ3v) is 4.45. The lowest BCUT2D eigenvalue weighted by Gasteiger charge is -2.38. The largest absolute Gasteiger partial charge is 0.369 e. The first-order valence-electron chi connectivity index (χ1n) is 8.24. The van der Waals surface area contributed by atoms with Crippen molar-refractivity contribution in [2.24, 2.45) is 0 Å². The predicted molar refractivity (Wildman–Crippen MR) is 94.7 cm³/mol. The molecule has 1 N–H and O–H groups in total. The molecule has 2 aromatic rings. The number of hydrogen-bond donors (Lipinski definition) is 1. The molecule has 1 fully saturated rings. The topological polar surface area (TPSA) is 35.6 Å². The number of hydrogen-bond acceptors (Lipinski definition) is 3. The van der Waals surface area contributed by atoms with Crippen molar-refractivity contribution in [3.8, 4) is 0 Å². The van der Waals surface area contributed by atoms with Gasteiger partial charge >= 0.3 is 0 Å². The number of carbonyl (C=O) groups excluding carboxylic acids is 1. The van der Waals surface area contributed by atoms with Crippen molar-refractivity contribution in [2.75, 3.05) is 36.4 Å². The molecule has 2 aromatic carbocycles. The summed E-state index contributed by atoms with van der Waals surface area (Å²) in [6, 6.07) is 16.0. The lowest BCUT2D eigenvalue weighted by atomic mass is 10.2. The second-order valence-corrected chi connectivity index (χ2v) is 6.03. The van der Waals surface area contributed by atoms with Crippen LogP contribution in [0.25, 0.3) is 0 Å². The van der Waals surface area contributed by atoms with Crippen LogP contribution in [0.3, 0.4) is 0 Å². The molecule has 0 spiro atoms. The van der Waals surface area contributed by atoms with Gasteiger partial charge in [0.05, 0.1) is 6.04 Å². The third-order valence-electron chi connectivity index (χ3n) is 4.45. The first-order chi connectivity index (χ1) is 11.6. The minimum atomic E-state index is -0.350. The van der Waals surface area contributed by atoms with Crippen molar-refractivity contribution in [3.63, 3.8) is 0 Å². The average Bonchev–Trinajstić information content (AvgIpc) is 2.62. The van der Waals surface area contributed by atoms with E-state index in [0.717, 1.165) is 26.2 Å². The van der Waals surface area contributed by atoms with Crippen LogP contribution in [0.4, 0.5) is 15.8 Å². The molecular formula is C19H22FN3O. The molecule has 0 aromatic heterocycles. The maximum atomic E-state index is 13.2. The number of carbonyl (C=O) groups is 1. The molecule has 1 heterocycles. The highest BCUT2D eigenvalue weighted by molar-refractivity contribution is 5.94. The Hall–Kier alpha value is -2.40. The molecule has 24 heavy (non-hydrogen) atoms. The monoisotopic (exact) mass is 327 g/mol. The van der Waals surface area contributed by atoms with E-state index in [9.17, 15) is 9.18 Å². The number of anilines is 2. The van der Waals surface area contributed by atoms with E-state index >= 15 is 0 Å². The zero-order valence-corrected chi connectivity index (χ0v) is 13.8. The zero-order valence-electron chi connectivity index (χ0n) is 13.8. The first-order valence-corrected chi connectivity index (χ1v) is 8.24. The molecule has 1 aliphatic rings. The fourth-order valence-corrected chi connectivity index (χ4v) is 2.98. The maximum Gasteiger partial charge on any atom is 0.241 e. The van der Waals surface area contributed by atoms with Gasteiger partial charge in [0.2, 0.25) is 5.91 Å². The van der Waals surface area contributed by atoms with E-state index in [1.54, 1.807) is 12.1 Å². The molecule has 3 rings (SSSR count). The van der Waals surface area contributed by atoms with E-state index in [-0.39, 0.29) is 17.8 Å². The number of amides is 1. The highest BCUT2D eigenvalue weighted by atomic mass is 19.1. The number of nitrogens with zero attached hydrogens (tertiary/aromatic N) is 2. The average molecular weight is 327 g/mol. The Bertz CT molecular complexity index is 684. The number of halogens is 1. The van der Waals surface area contributed by atoms with E-state index in [0.29, 0.717) is 5.69 Å². The van der Waals surface area contributed by atoms with Crippen LogP contribution in [0.2, 0.25) is 0 Å². The highest BCUT2D eigenvalue weighted by Gasteiger charge is 2.25. The van der Waals surface area contributed by atoms with Gasteiger partial charge in [-0.2, -0.15) is 0 Å². The van der Waals surface area contributed by atoms with Gasteiger partial charge in [0, 0.05) is 37.6 Å². The second kappa shape index (κ2) is 7.45. The van der Waals surface area contributed by atoms with Crippen molar-refractivity contribution in [2.45, 2.75) is 13.0 Å². The van der Waals surface area contributed by atoms with Crippen molar-refractivity contribution >= 4 is 17.3 Å². The number of piperazine rings is 1. The molecule has 0 bridgehead atoms. The minimum Gasteiger partial charge on any atom is -0.369 e. The van der Waals surface area contributed by atoms with Crippen molar-refractivity contribution < 1.29 is 9.18 Å². The molecule has 1 unspecified atom stereocenters. The van der Waals surface area contributed by atoms with Gasteiger partial charge in [-0.05, 0) is 37.3 Å². The Morgan fingerprint density at radius 3 is 2.42 bits per heavy atom. The van der Waals surface area contributed by atoms with Gasteiger partial charge < -0.3 is 10.2 Å². The van der Waals surface area contributed by atoms with E-state index in [1.165, 1.54) is 17.8 Å². The van der Waals surface area contributed by atoms with Gasteiger partial charge in [0.1, 0.15) is 5.82 Å². The summed E-state index contributed by atoms with van der Waals surface area (Å²) in [5.74, 6) is -0.453. The molecule has 0 saturated carbocycles. The number of rotatable bonds is 4. The van der Waals surface area contributed by atoms with Gasteiger partial charge in [0.25, 0.3) is 0 Å². The molecule has 1 atom stereocenters. The van der Waals surface area contributed by atoms with E-state index < -0.39 is 0 Å². The minimum absolute atomic E-state index is 0.103. The number of nitrogens with one attached hydrogen (secondary N) is 1.